The Labute approximate surface area is 161 Å². The molecular weight excluding hydrogens is 344 g/mol. The van der Waals surface area contributed by atoms with Crippen LogP contribution in [0.2, 0.25) is 0 Å². The molecule has 1 unspecified atom stereocenters. The van der Waals surface area contributed by atoms with E-state index in [0.717, 1.165) is 44.0 Å². The Bertz CT molecular complexity index is 568. The third kappa shape index (κ3) is 7.46. The second-order valence-corrected chi connectivity index (χ2v) is 8.66. The minimum Gasteiger partial charge on any atom is -0.357 e. The van der Waals surface area contributed by atoms with E-state index in [4.69, 9.17) is 0 Å². The van der Waals surface area contributed by atoms with Crippen LogP contribution in [-0.2, 0) is 16.6 Å². The Morgan fingerprint density at radius 1 is 1.27 bits per heavy atom. The molecule has 1 saturated heterocycles. The smallest absolute Gasteiger partial charge is 0.191 e. The van der Waals surface area contributed by atoms with Crippen LogP contribution in [0.5, 0.6) is 0 Å². The van der Waals surface area contributed by atoms with Gasteiger partial charge in [-0.15, -0.1) is 0 Å². The number of nitrogens with zero attached hydrogens (tertiary/aromatic N) is 2. The molecule has 5 nitrogen and oxygen atoms in total. The lowest BCUT2D eigenvalue weighted by molar-refractivity contribution is 0.167. The van der Waals surface area contributed by atoms with E-state index in [1.54, 1.807) is 0 Å². The van der Waals surface area contributed by atoms with Gasteiger partial charge >= 0.3 is 0 Å². The van der Waals surface area contributed by atoms with Crippen LogP contribution in [0.3, 0.4) is 0 Å². The standard InChI is InChI=1S/C20H34N4OS/c1-4-21-20(23-19-10-13-24(14-11-19)17(2)3)22-12-15-26(25)16-18-8-6-5-7-9-18/h5-9,17,19H,4,10-16H2,1-3H3,(H2,21,22,23). The van der Waals surface area contributed by atoms with Crippen molar-refractivity contribution in [2.75, 3.05) is 31.9 Å². The number of benzene rings is 1. The zero-order valence-corrected chi connectivity index (χ0v) is 17.2. The Balaban J connectivity index is 1.76. The lowest BCUT2D eigenvalue weighted by atomic mass is 10.0. The van der Waals surface area contributed by atoms with Crippen molar-refractivity contribution in [2.24, 2.45) is 4.99 Å². The van der Waals surface area contributed by atoms with E-state index in [1.165, 1.54) is 0 Å². The van der Waals surface area contributed by atoms with Gasteiger partial charge in [0.2, 0.25) is 0 Å². The van der Waals surface area contributed by atoms with Crippen LogP contribution in [0.25, 0.3) is 0 Å². The van der Waals surface area contributed by atoms with Crippen LogP contribution in [-0.4, -0.2) is 59.1 Å². The molecule has 2 N–H and O–H groups in total. The summed E-state index contributed by atoms with van der Waals surface area (Å²) < 4.78 is 12.2. The number of nitrogens with one attached hydrogen (secondary N) is 2. The highest BCUT2D eigenvalue weighted by atomic mass is 32.2. The van der Waals surface area contributed by atoms with Crippen molar-refractivity contribution < 1.29 is 4.21 Å². The van der Waals surface area contributed by atoms with E-state index in [2.05, 4.69) is 41.3 Å². The molecule has 0 aliphatic carbocycles. The van der Waals surface area contributed by atoms with Crippen LogP contribution in [0.15, 0.2) is 35.3 Å². The molecular formula is C20H34N4OS. The van der Waals surface area contributed by atoms with Crippen molar-refractivity contribution >= 4 is 16.8 Å². The first-order valence-corrected chi connectivity index (χ1v) is 11.2. The Morgan fingerprint density at radius 2 is 1.96 bits per heavy atom. The van der Waals surface area contributed by atoms with Gasteiger partial charge in [0.05, 0.1) is 6.54 Å². The molecule has 0 bridgehead atoms. The quantitative estimate of drug-likeness (QED) is 0.539. The van der Waals surface area contributed by atoms with Gasteiger partial charge in [0.15, 0.2) is 5.96 Å². The van der Waals surface area contributed by atoms with Crippen LogP contribution in [0, 0.1) is 0 Å². The zero-order chi connectivity index (χ0) is 18.8. The molecule has 0 radical (unpaired) electrons. The maximum atomic E-state index is 12.2. The van der Waals surface area contributed by atoms with E-state index >= 15 is 0 Å². The average Bonchev–Trinajstić information content (AvgIpc) is 2.63. The fourth-order valence-electron chi connectivity index (χ4n) is 3.17. The van der Waals surface area contributed by atoms with Crippen LogP contribution in [0.1, 0.15) is 39.2 Å². The zero-order valence-electron chi connectivity index (χ0n) is 16.4. The summed E-state index contributed by atoms with van der Waals surface area (Å²) in [4.78, 5) is 7.15. The maximum absolute atomic E-state index is 12.2. The highest BCUT2D eigenvalue weighted by Crippen LogP contribution is 2.12. The third-order valence-corrected chi connectivity index (χ3v) is 6.00. The Kier molecular flexibility index (Phi) is 9.12. The summed E-state index contributed by atoms with van der Waals surface area (Å²) in [5, 5.41) is 6.87. The first-order chi connectivity index (χ1) is 12.6. The number of likely N-dealkylation sites (tertiary alicyclic amines) is 1. The molecule has 1 aromatic rings. The monoisotopic (exact) mass is 378 g/mol. The summed E-state index contributed by atoms with van der Waals surface area (Å²) in [5.74, 6) is 2.05. The lowest BCUT2D eigenvalue weighted by Crippen LogP contribution is -2.50. The van der Waals surface area contributed by atoms with Gasteiger partial charge in [-0.25, -0.2) is 0 Å². The number of rotatable bonds is 8. The fraction of sp³-hybridized carbons (Fsp3) is 0.650. The van der Waals surface area contributed by atoms with E-state index in [9.17, 15) is 4.21 Å². The molecule has 2 rings (SSSR count). The van der Waals surface area contributed by atoms with Crippen molar-refractivity contribution in [1.82, 2.24) is 15.5 Å². The Hall–Kier alpha value is -1.40. The lowest BCUT2D eigenvalue weighted by Gasteiger charge is -2.35. The first kappa shape index (κ1) is 20.9. The molecule has 1 atom stereocenters. The van der Waals surface area contributed by atoms with Gasteiger partial charge in [-0.3, -0.25) is 9.20 Å². The fourth-order valence-corrected chi connectivity index (χ4v) is 4.17. The molecule has 26 heavy (non-hydrogen) atoms. The van der Waals surface area contributed by atoms with Gasteiger partial charge in [0, 0.05) is 54.0 Å². The maximum Gasteiger partial charge on any atom is 0.191 e. The topological polar surface area (TPSA) is 56.7 Å². The molecule has 1 aliphatic rings. The van der Waals surface area contributed by atoms with Crippen molar-refractivity contribution in [3.63, 3.8) is 0 Å². The van der Waals surface area contributed by atoms with Crippen LogP contribution < -0.4 is 10.6 Å². The normalized spacial score (nSPS) is 18.1. The van der Waals surface area contributed by atoms with Crippen molar-refractivity contribution in [3.8, 4) is 0 Å². The highest BCUT2D eigenvalue weighted by molar-refractivity contribution is 7.84. The van der Waals surface area contributed by atoms with Gasteiger partial charge in [-0.1, -0.05) is 30.3 Å². The van der Waals surface area contributed by atoms with E-state index in [1.807, 2.05) is 30.3 Å². The van der Waals surface area contributed by atoms with Gasteiger partial charge in [0.1, 0.15) is 0 Å². The summed E-state index contributed by atoms with van der Waals surface area (Å²) in [5.41, 5.74) is 1.12. The van der Waals surface area contributed by atoms with Gasteiger partial charge in [-0.05, 0) is 39.2 Å². The molecule has 0 aromatic heterocycles. The predicted molar refractivity (Wildman–Crippen MR) is 112 cm³/mol. The molecule has 0 spiro atoms. The highest BCUT2D eigenvalue weighted by Gasteiger charge is 2.21. The summed E-state index contributed by atoms with van der Waals surface area (Å²) >= 11 is 0. The second kappa shape index (κ2) is 11.3. The van der Waals surface area contributed by atoms with Gasteiger partial charge in [-0.2, -0.15) is 0 Å². The van der Waals surface area contributed by atoms with E-state index < -0.39 is 10.8 Å². The number of piperidine rings is 1. The first-order valence-electron chi connectivity index (χ1n) is 9.76. The van der Waals surface area contributed by atoms with E-state index in [-0.39, 0.29) is 0 Å². The van der Waals surface area contributed by atoms with E-state index in [0.29, 0.717) is 30.1 Å². The number of aliphatic imine (C=N–C) groups is 1. The summed E-state index contributed by atoms with van der Waals surface area (Å²) in [7, 11) is -0.877. The third-order valence-electron chi connectivity index (χ3n) is 4.70. The molecule has 1 aromatic carbocycles. The van der Waals surface area contributed by atoms with Gasteiger partial charge < -0.3 is 15.5 Å². The molecule has 0 amide bonds. The van der Waals surface area contributed by atoms with Crippen molar-refractivity contribution in [2.45, 2.75) is 51.4 Å². The SMILES string of the molecule is CCNC(=NCCS(=O)Cc1ccccc1)NC1CCN(C(C)C)CC1. The minimum absolute atomic E-state index is 0.470. The Morgan fingerprint density at radius 3 is 2.58 bits per heavy atom. The number of hydrogen-bond acceptors (Lipinski definition) is 3. The van der Waals surface area contributed by atoms with Crippen LogP contribution >= 0.6 is 0 Å². The molecule has 1 aliphatic heterocycles. The largest absolute Gasteiger partial charge is 0.357 e. The number of hydrogen-bond donors (Lipinski definition) is 2. The summed E-state index contributed by atoms with van der Waals surface area (Å²) in [6.45, 7) is 10.3. The second-order valence-electron chi connectivity index (χ2n) is 7.08. The molecule has 1 heterocycles. The summed E-state index contributed by atoms with van der Waals surface area (Å²) in [6.07, 6.45) is 2.28. The van der Waals surface area contributed by atoms with Crippen molar-refractivity contribution in [3.05, 3.63) is 35.9 Å². The molecule has 0 saturated carbocycles. The molecule has 146 valence electrons. The van der Waals surface area contributed by atoms with Gasteiger partial charge in [0.25, 0.3) is 0 Å². The predicted octanol–water partition coefficient (Wildman–Crippen LogP) is 2.36. The van der Waals surface area contributed by atoms with Crippen molar-refractivity contribution in [1.29, 1.82) is 0 Å². The molecule has 6 heteroatoms. The minimum atomic E-state index is -0.877. The summed E-state index contributed by atoms with van der Waals surface area (Å²) in [6, 6.07) is 11.1. The van der Waals surface area contributed by atoms with Crippen LogP contribution in [0.4, 0.5) is 0 Å². The number of guanidine groups is 1. The molecule has 1 fully saturated rings. The average molecular weight is 379 g/mol.